The van der Waals surface area contributed by atoms with Gasteiger partial charge in [-0.1, -0.05) is 23.9 Å². The molecular formula is C8H8N2S. The van der Waals surface area contributed by atoms with Crippen LogP contribution in [0.15, 0.2) is 40.4 Å². The van der Waals surface area contributed by atoms with Gasteiger partial charge in [0.2, 0.25) is 0 Å². The molecule has 0 aromatic heterocycles. The van der Waals surface area contributed by atoms with Crippen LogP contribution in [-0.4, -0.2) is 0 Å². The zero-order chi connectivity index (χ0) is 7.68. The lowest BCUT2D eigenvalue weighted by molar-refractivity contribution is 1.27. The summed E-state index contributed by atoms with van der Waals surface area (Å²) in [5.41, 5.74) is 6.67. The Bertz CT molecular complexity index is 307. The molecule has 0 amide bonds. The van der Waals surface area contributed by atoms with Gasteiger partial charge < -0.3 is 11.1 Å². The maximum Gasteiger partial charge on any atom is 0.107 e. The number of thioether (sulfide) groups is 1. The van der Waals surface area contributed by atoms with E-state index in [2.05, 4.69) is 11.4 Å². The predicted octanol–water partition coefficient (Wildman–Crippen LogP) is 1.96. The van der Waals surface area contributed by atoms with Crippen LogP contribution >= 0.6 is 11.8 Å². The first-order valence-electron chi connectivity index (χ1n) is 3.34. The fraction of sp³-hybridized carbons (Fsp3) is 0. The van der Waals surface area contributed by atoms with E-state index in [1.54, 1.807) is 11.8 Å². The lowest BCUT2D eigenvalue weighted by Crippen LogP contribution is -2.11. The van der Waals surface area contributed by atoms with E-state index in [4.69, 9.17) is 5.73 Å². The number of nitrogens with one attached hydrogen (secondary N) is 1. The number of benzene rings is 1. The molecule has 1 aliphatic rings. The van der Waals surface area contributed by atoms with Gasteiger partial charge in [-0.3, -0.25) is 0 Å². The highest BCUT2D eigenvalue weighted by Crippen LogP contribution is 2.32. The SMILES string of the molecule is NC1=CSc2ccccc2N1. The summed E-state index contributed by atoms with van der Waals surface area (Å²) < 4.78 is 0. The number of hydrogen-bond donors (Lipinski definition) is 2. The van der Waals surface area contributed by atoms with Gasteiger partial charge in [-0.05, 0) is 12.1 Å². The Balaban J connectivity index is 2.42. The fourth-order valence-corrected chi connectivity index (χ4v) is 1.70. The van der Waals surface area contributed by atoms with Crippen LogP contribution in [0.25, 0.3) is 0 Å². The van der Waals surface area contributed by atoms with Crippen LogP contribution in [0.2, 0.25) is 0 Å². The number of nitrogens with two attached hydrogens (primary N) is 1. The molecule has 1 aliphatic heterocycles. The molecule has 0 unspecified atom stereocenters. The summed E-state index contributed by atoms with van der Waals surface area (Å²) in [6.07, 6.45) is 0. The molecule has 0 aliphatic carbocycles. The molecule has 0 fully saturated rings. The second kappa shape index (κ2) is 2.51. The van der Waals surface area contributed by atoms with Gasteiger partial charge in [0.05, 0.1) is 5.69 Å². The Labute approximate surface area is 69.5 Å². The average molecular weight is 164 g/mol. The summed E-state index contributed by atoms with van der Waals surface area (Å²) in [6.45, 7) is 0. The van der Waals surface area contributed by atoms with E-state index in [-0.39, 0.29) is 0 Å². The lowest BCUT2D eigenvalue weighted by Gasteiger charge is -2.14. The van der Waals surface area contributed by atoms with Crippen LogP contribution in [0.1, 0.15) is 0 Å². The van der Waals surface area contributed by atoms with Crippen LogP contribution in [0, 0.1) is 0 Å². The second-order valence-electron chi connectivity index (χ2n) is 2.31. The standard InChI is InChI=1S/C8H8N2S/c9-8-5-11-7-4-2-1-3-6(7)10-8/h1-5,10H,9H2. The number of fused-ring (bicyclic) bond motifs is 1. The van der Waals surface area contributed by atoms with E-state index >= 15 is 0 Å². The molecule has 0 spiro atoms. The Kier molecular flexibility index (Phi) is 1.51. The minimum absolute atomic E-state index is 0.716. The average Bonchev–Trinajstić information content (AvgIpc) is 2.04. The largest absolute Gasteiger partial charge is 0.385 e. The molecule has 56 valence electrons. The smallest absolute Gasteiger partial charge is 0.107 e. The maximum atomic E-state index is 5.58. The second-order valence-corrected chi connectivity index (χ2v) is 3.22. The molecule has 0 bridgehead atoms. The first kappa shape index (κ1) is 6.61. The lowest BCUT2D eigenvalue weighted by atomic mass is 10.3. The van der Waals surface area contributed by atoms with E-state index in [1.807, 2.05) is 23.6 Å². The van der Waals surface area contributed by atoms with Gasteiger partial charge in [-0.15, -0.1) is 0 Å². The molecule has 11 heavy (non-hydrogen) atoms. The Morgan fingerprint density at radius 2 is 2.09 bits per heavy atom. The minimum atomic E-state index is 0.716. The van der Waals surface area contributed by atoms with Gasteiger partial charge in [0.15, 0.2) is 0 Å². The molecule has 1 aromatic rings. The van der Waals surface area contributed by atoms with Crippen LogP contribution in [0.3, 0.4) is 0 Å². The maximum absolute atomic E-state index is 5.58. The van der Waals surface area contributed by atoms with Crippen molar-refractivity contribution in [1.29, 1.82) is 0 Å². The van der Waals surface area contributed by atoms with E-state index in [9.17, 15) is 0 Å². The zero-order valence-electron chi connectivity index (χ0n) is 5.87. The summed E-state index contributed by atoms with van der Waals surface area (Å²) in [6, 6.07) is 8.09. The monoisotopic (exact) mass is 164 g/mol. The summed E-state index contributed by atoms with van der Waals surface area (Å²) in [4.78, 5) is 1.22. The molecule has 0 saturated carbocycles. The Morgan fingerprint density at radius 3 is 3.00 bits per heavy atom. The first-order chi connectivity index (χ1) is 5.36. The minimum Gasteiger partial charge on any atom is -0.385 e. The van der Waals surface area contributed by atoms with Gasteiger partial charge in [0.25, 0.3) is 0 Å². The summed E-state index contributed by atoms with van der Waals surface area (Å²) in [5, 5.41) is 4.98. The van der Waals surface area contributed by atoms with Gasteiger partial charge in [0.1, 0.15) is 5.82 Å². The molecule has 2 rings (SSSR count). The Hall–Kier alpha value is -1.09. The highest BCUT2D eigenvalue weighted by molar-refractivity contribution is 8.02. The first-order valence-corrected chi connectivity index (χ1v) is 4.22. The highest BCUT2D eigenvalue weighted by atomic mass is 32.2. The quantitative estimate of drug-likeness (QED) is 0.615. The number of hydrogen-bond acceptors (Lipinski definition) is 3. The van der Waals surface area contributed by atoms with E-state index < -0.39 is 0 Å². The molecule has 3 N–H and O–H groups in total. The summed E-state index contributed by atoms with van der Waals surface area (Å²) in [5.74, 6) is 0.716. The van der Waals surface area contributed by atoms with E-state index in [1.165, 1.54) is 4.90 Å². The van der Waals surface area contributed by atoms with Crippen LogP contribution in [0.5, 0.6) is 0 Å². The topological polar surface area (TPSA) is 38.0 Å². The Morgan fingerprint density at radius 1 is 1.27 bits per heavy atom. The van der Waals surface area contributed by atoms with Gasteiger partial charge >= 0.3 is 0 Å². The third-order valence-corrected chi connectivity index (χ3v) is 2.46. The van der Waals surface area contributed by atoms with Gasteiger partial charge in [-0.25, -0.2) is 0 Å². The van der Waals surface area contributed by atoms with E-state index in [0.29, 0.717) is 5.82 Å². The number of anilines is 1. The highest BCUT2D eigenvalue weighted by Gasteiger charge is 2.05. The van der Waals surface area contributed by atoms with Crippen molar-refractivity contribution in [3.8, 4) is 0 Å². The van der Waals surface area contributed by atoms with Crippen molar-refractivity contribution < 1.29 is 0 Å². The molecule has 0 radical (unpaired) electrons. The molecule has 3 heteroatoms. The molecule has 0 atom stereocenters. The van der Waals surface area contributed by atoms with Crippen molar-refractivity contribution in [2.45, 2.75) is 4.90 Å². The zero-order valence-corrected chi connectivity index (χ0v) is 6.69. The molecular weight excluding hydrogens is 156 g/mol. The van der Waals surface area contributed by atoms with Crippen molar-refractivity contribution in [3.05, 3.63) is 35.5 Å². The van der Waals surface area contributed by atoms with Crippen molar-refractivity contribution >= 4 is 17.4 Å². The summed E-state index contributed by atoms with van der Waals surface area (Å²) >= 11 is 1.65. The van der Waals surface area contributed by atoms with Crippen LogP contribution < -0.4 is 11.1 Å². The number of rotatable bonds is 0. The van der Waals surface area contributed by atoms with E-state index in [0.717, 1.165) is 5.69 Å². The van der Waals surface area contributed by atoms with Crippen molar-refractivity contribution in [2.24, 2.45) is 5.73 Å². The fourth-order valence-electron chi connectivity index (χ4n) is 0.985. The van der Waals surface area contributed by atoms with Gasteiger partial charge in [-0.2, -0.15) is 0 Å². The third-order valence-electron chi connectivity index (χ3n) is 1.48. The van der Waals surface area contributed by atoms with Crippen LogP contribution in [0.4, 0.5) is 5.69 Å². The summed E-state index contributed by atoms with van der Waals surface area (Å²) in [7, 11) is 0. The van der Waals surface area contributed by atoms with Crippen molar-refractivity contribution in [2.75, 3.05) is 5.32 Å². The predicted molar refractivity (Wildman–Crippen MR) is 48.2 cm³/mol. The van der Waals surface area contributed by atoms with Crippen molar-refractivity contribution in [1.82, 2.24) is 0 Å². The molecule has 1 aromatic carbocycles. The molecule has 0 saturated heterocycles. The third kappa shape index (κ3) is 1.19. The normalized spacial score (nSPS) is 14.7. The molecule has 2 nitrogen and oxygen atoms in total. The van der Waals surface area contributed by atoms with Gasteiger partial charge in [0, 0.05) is 10.3 Å². The van der Waals surface area contributed by atoms with Crippen molar-refractivity contribution in [3.63, 3.8) is 0 Å². The number of para-hydroxylation sites is 1. The van der Waals surface area contributed by atoms with Crippen LogP contribution in [-0.2, 0) is 0 Å². The molecule has 1 heterocycles.